The molecule has 0 saturated heterocycles. The van der Waals surface area contributed by atoms with Crippen molar-refractivity contribution in [3.05, 3.63) is 29.3 Å². The highest BCUT2D eigenvalue weighted by Crippen LogP contribution is 2.23. The largest absolute Gasteiger partial charge is 0.496 e. The number of rotatable bonds is 6. The Bertz CT molecular complexity index is 326. The van der Waals surface area contributed by atoms with Crippen LogP contribution in [0.25, 0.3) is 0 Å². The van der Waals surface area contributed by atoms with Gasteiger partial charge < -0.3 is 15.8 Å². The van der Waals surface area contributed by atoms with Crippen molar-refractivity contribution >= 4 is 0 Å². The zero-order valence-corrected chi connectivity index (χ0v) is 10.4. The Labute approximate surface area is 98.0 Å². The molecule has 0 amide bonds. The van der Waals surface area contributed by atoms with E-state index >= 15 is 0 Å². The highest BCUT2D eigenvalue weighted by atomic mass is 16.5. The van der Waals surface area contributed by atoms with Crippen LogP contribution in [0.1, 0.15) is 30.0 Å². The van der Waals surface area contributed by atoms with Crippen molar-refractivity contribution in [2.45, 2.75) is 25.8 Å². The zero-order chi connectivity index (χ0) is 12.0. The number of nitrogens with one attached hydrogen (secondary N) is 1. The van der Waals surface area contributed by atoms with E-state index in [0.717, 1.165) is 30.7 Å². The minimum atomic E-state index is 0.123. The lowest BCUT2D eigenvalue weighted by atomic mass is 10.0. The smallest absolute Gasteiger partial charge is 0.121 e. The Morgan fingerprint density at radius 2 is 2.19 bits per heavy atom. The van der Waals surface area contributed by atoms with Crippen LogP contribution in [-0.4, -0.2) is 20.7 Å². The van der Waals surface area contributed by atoms with Gasteiger partial charge in [-0.2, -0.15) is 0 Å². The highest BCUT2D eigenvalue weighted by molar-refractivity contribution is 5.37. The van der Waals surface area contributed by atoms with Crippen LogP contribution in [0.3, 0.4) is 0 Å². The molecule has 0 spiro atoms. The first-order valence-corrected chi connectivity index (χ1v) is 5.73. The minimum Gasteiger partial charge on any atom is -0.496 e. The third-order valence-electron chi connectivity index (χ3n) is 2.79. The van der Waals surface area contributed by atoms with Gasteiger partial charge >= 0.3 is 0 Å². The molecule has 16 heavy (non-hydrogen) atoms. The predicted octanol–water partition coefficient (Wildman–Crippen LogP) is 2.00. The van der Waals surface area contributed by atoms with Crippen molar-refractivity contribution < 1.29 is 4.74 Å². The number of hydrogen-bond donors (Lipinski definition) is 2. The standard InChI is InChI=1S/C13H22N2O/c1-10-9-11(6-7-13(10)16-3)12(14)5-4-8-15-2/h6-7,9,12,15H,4-5,8,14H2,1-3H3/t12-/m1/s1. The fourth-order valence-corrected chi connectivity index (χ4v) is 1.80. The molecule has 3 heteroatoms. The van der Waals surface area contributed by atoms with Gasteiger partial charge in [0.2, 0.25) is 0 Å². The van der Waals surface area contributed by atoms with Gasteiger partial charge in [0.1, 0.15) is 5.75 Å². The fraction of sp³-hybridized carbons (Fsp3) is 0.538. The van der Waals surface area contributed by atoms with Gasteiger partial charge in [0.25, 0.3) is 0 Å². The fourth-order valence-electron chi connectivity index (χ4n) is 1.80. The van der Waals surface area contributed by atoms with Gasteiger partial charge in [-0.05, 0) is 50.6 Å². The molecule has 1 atom stereocenters. The first-order chi connectivity index (χ1) is 7.69. The monoisotopic (exact) mass is 222 g/mol. The Hall–Kier alpha value is -1.06. The van der Waals surface area contributed by atoms with Crippen LogP contribution in [0.5, 0.6) is 5.75 Å². The summed E-state index contributed by atoms with van der Waals surface area (Å²) >= 11 is 0. The van der Waals surface area contributed by atoms with Crippen LogP contribution in [0.2, 0.25) is 0 Å². The van der Waals surface area contributed by atoms with Gasteiger partial charge in [-0.1, -0.05) is 12.1 Å². The highest BCUT2D eigenvalue weighted by Gasteiger charge is 2.07. The minimum absolute atomic E-state index is 0.123. The van der Waals surface area contributed by atoms with E-state index in [9.17, 15) is 0 Å². The first-order valence-electron chi connectivity index (χ1n) is 5.73. The second-order valence-corrected chi connectivity index (χ2v) is 4.08. The molecule has 0 aliphatic rings. The summed E-state index contributed by atoms with van der Waals surface area (Å²) in [4.78, 5) is 0. The topological polar surface area (TPSA) is 47.3 Å². The lowest BCUT2D eigenvalue weighted by Gasteiger charge is -2.14. The summed E-state index contributed by atoms with van der Waals surface area (Å²) in [6.45, 7) is 3.06. The number of benzene rings is 1. The molecular formula is C13H22N2O. The summed E-state index contributed by atoms with van der Waals surface area (Å²) in [5, 5.41) is 3.13. The number of nitrogens with two attached hydrogens (primary N) is 1. The summed E-state index contributed by atoms with van der Waals surface area (Å²) < 4.78 is 5.23. The van der Waals surface area contributed by atoms with Crippen molar-refractivity contribution in [3.8, 4) is 5.75 Å². The van der Waals surface area contributed by atoms with Crippen molar-refractivity contribution in [1.29, 1.82) is 0 Å². The average Bonchev–Trinajstić information content (AvgIpc) is 2.29. The molecule has 0 aromatic heterocycles. The van der Waals surface area contributed by atoms with E-state index in [1.54, 1.807) is 7.11 Å². The maximum absolute atomic E-state index is 6.13. The van der Waals surface area contributed by atoms with Crippen LogP contribution in [0.15, 0.2) is 18.2 Å². The van der Waals surface area contributed by atoms with E-state index in [2.05, 4.69) is 17.4 Å². The lowest BCUT2D eigenvalue weighted by Crippen LogP contribution is -2.14. The molecule has 1 aromatic rings. The number of ether oxygens (including phenoxy) is 1. The Kier molecular flexibility index (Phi) is 5.29. The maximum Gasteiger partial charge on any atom is 0.121 e. The average molecular weight is 222 g/mol. The Morgan fingerprint density at radius 3 is 2.75 bits per heavy atom. The zero-order valence-electron chi connectivity index (χ0n) is 10.4. The summed E-state index contributed by atoms with van der Waals surface area (Å²) in [6.07, 6.45) is 2.11. The predicted molar refractivity (Wildman–Crippen MR) is 67.8 cm³/mol. The van der Waals surface area contributed by atoms with Gasteiger partial charge in [0.15, 0.2) is 0 Å². The molecule has 0 fully saturated rings. The molecule has 0 saturated carbocycles. The molecule has 3 N–H and O–H groups in total. The third-order valence-corrected chi connectivity index (χ3v) is 2.79. The van der Waals surface area contributed by atoms with Gasteiger partial charge in [-0.3, -0.25) is 0 Å². The molecule has 0 radical (unpaired) electrons. The van der Waals surface area contributed by atoms with Crippen molar-refractivity contribution in [2.75, 3.05) is 20.7 Å². The van der Waals surface area contributed by atoms with Gasteiger partial charge in [-0.25, -0.2) is 0 Å². The van der Waals surface area contributed by atoms with Gasteiger partial charge in [0.05, 0.1) is 7.11 Å². The summed E-state index contributed by atoms with van der Waals surface area (Å²) in [5.41, 5.74) is 8.46. The first kappa shape index (κ1) is 13.0. The van der Waals surface area contributed by atoms with E-state index in [0.29, 0.717) is 0 Å². The van der Waals surface area contributed by atoms with E-state index in [1.807, 2.05) is 20.0 Å². The Balaban J connectivity index is 2.62. The van der Waals surface area contributed by atoms with Crippen LogP contribution >= 0.6 is 0 Å². The molecule has 0 aliphatic carbocycles. The van der Waals surface area contributed by atoms with Gasteiger partial charge in [0, 0.05) is 6.04 Å². The second-order valence-electron chi connectivity index (χ2n) is 4.08. The van der Waals surface area contributed by atoms with Crippen LogP contribution in [0, 0.1) is 6.92 Å². The van der Waals surface area contributed by atoms with Crippen LogP contribution < -0.4 is 15.8 Å². The number of methoxy groups -OCH3 is 1. The molecule has 90 valence electrons. The summed E-state index contributed by atoms with van der Waals surface area (Å²) in [7, 11) is 3.65. The van der Waals surface area contributed by atoms with Crippen LogP contribution in [0.4, 0.5) is 0 Å². The molecule has 0 unspecified atom stereocenters. The van der Waals surface area contributed by atoms with E-state index in [1.165, 1.54) is 5.56 Å². The van der Waals surface area contributed by atoms with E-state index in [-0.39, 0.29) is 6.04 Å². The summed E-state index contributed by atoms with van der Waals surface area (Å²) in [5.74, 6) is 0.922. The maximum atomic E-state index is 6.13. The Morgan fingerprint density at radius 1 is 1.44 bits per heavy atom. The summed E-state index contributed by atoms with van der Waals surface area (Å²) in [6, 6.07) is 6.28. The molecule has 1 aromatic carbocycles. The number of aryl methyl sites for hydroxylation is 1. The molecule has 3 nitrogen and oxygen atoms in total. The number of hydrogen-bond acceptors (Lipinski definition) is 3. The van der Waals surface area contributed by atoms with E-state index in [4.69, 9.17) is 10.5 Å². The molecule has 0 heterocycles. The molecule has 1 rings (SSSR count). The SMILES string of the molecule is CNCCC[C@@H](N)c1ccc(OC)c(C)c1. The van der Waals surface area contributed by atoms with Gasteiger partial charge in [-0.15, -0.1) is 0 Å². The van der Waals surface area contributed by atoms with E-state index < -0.39 is 0 Å². The molecular weight excluding hydrogens is 200 g/mol. The molecule has 0 bridgehead atoms. The molecule has 0 aliphatic heterocycles. The van der Waals surface area contributed by atoms with Crippen LogP contribution in [-0.2, 0) is 0 Å². The van der Waals surface area contributed by atoms with Crippen molar-refractivity contribution in [3.63, 3.8) is 0 Å². The normalized spacial score (nSPS) is 12.5. The second kappa shape index (κ2) is 6.51. The van der Waals surface area contributed by atoms with Crippen molar-refractivity contribution in [2.24, 2.45) is 5.73 Å². The van der Waals surface area contributed by atoms with Crippen molar-refractivity contribution in [1.82, 2.24) is 5.32 Å². The third kappa shape index (κ3) is 3.51. The quantitative estimate of drug-likeness (QED) is 0.724. The lowest BCUT2D eigenvalue weighted by molar-refractivity contribution is 0.411.